The Kier molecular flexibility index (Phi) is 7.06. The highest BCUT2D eigenvalue weighted by atomic mass is 32.2. The number of carbonyl (C=O) groups is 1. The Hall–Kier alpha value is -3.40. The van der Waals surface area contributed by atoms with E-state index in [2.05, 4.69) is 80.8 Å². The zero-order chi connectivity index (χ0) is 26.1. The number of piperazine rings is 1. The van der Waals surface area contributed by atoms with Crippen LogP contribution in [0, 0.1) is 5.92 Å². The van der Waals surface area contributed by atoms with Gasteiger partial charge in [0.15, 0.2) is 0 Å². The highest BCUT2D eigenvalue weighted by Crippen LogP contribution is 2.26. The Balaban J connectivity index is 1.24. The van der Waals surface area contributed by atoms with Gasteiger partial charge in [-0.05, 0) is 54.3 Å². The number of nitrogens with zero attached hydrogens (tertiary/aromatic N) is 5. The Labute approximate surface area is 227 Å². The van der Waals surface area contributed by atoms with Crippen LogP contribution in [0.1, 0.15) is 25.4 Å². The number of hydrogen-bond donors (Lipinski definition) is 2. The number of fused-ring (bicyclic) bond motifs is 5. The molecule has 4 aromatic rings. The zero-order valence-corrected chi connectivity index (χ0v) is 22.6. The van der Waals surface area contributed by atoms with Gasteiger partial charge in [-0.25, -0.2) is 9.97 Å². The van der Waals surface area contributed by atoms with Crippen LogP contribution in [0.5, 0.6) is 0 Å². The van der Waals surface area contributed by atoms with Crippen LogP contribution in [0.4, 0.5) is 5.82 Å². The van der Waals surface area contributed by atoms with Crippen molar-refractivity contribution in [3.63, 3.8) is 0 Å². The van der Waals surface area contributed by atoms with Crippen LogP contribution in [0.25, 0.3) is 10.9 Å². The van der Waals surface area contributed by atoms with Crippen molar-refractivity contribution in [1.29, 1.82) is 0 Å². The van der Waals surface area contributed by atoms with Gasteiger partial charge in [-0.3, -0.25) is 18.6 Å². The number of nitrogens with one attached hydrogen (secondary N) is 2. The second kappa shape index (κ2) is 10.8. The first-order valence-electron chi connectivity index (χ1n) is 13.2. The first-order valence-corrected chi connectivity index (χ1v) is 14.0. The number of benzene rings is 2. The van der Waals surface area contributed by atoms with Crippen LogP contribution in [0.3, 0.4) is 0 Å². The molecule has 0 spiro atoms. The Morgan fingerprint density at radius 1 is 0.974 bits per heavy atom. The van der Waals surface area contributed by atoms with Crippen LogP contribution in [-0.4, -0.2) is 61.5 Å². The fourth-order valence-corrected chi connectivity index (χ4v) is 6.08. The second-order valence-electron chi connectivity index (χ2n) is 10.3. The molecule has 9 heteroatoms. The summed E-state index contributed by atoms with van der Waals surface area (Å²) in [5, 5.41) is 7.75. The fourth-order valence-electron chi connectivity index (χ4n) is 5.21. The molecule has 0 aliphatic carbocycles. The summed E-state index contributed by atoms with van der Waals surface area (Å²) < 4.78 is 2.23. The third-order valence-corrected chi connectivity index (χ3v) is 8.28. The van der Waals surface area contributed by atoms with Crippen molar-refractivity contribution in [3.05, 3.63) is 84.4 Å². The molecule has 2 atom stereocenters. The number of para-hydroxylation sites is 1. The lowest BCUT2D eigenvalue weighted by molar-refractivity contribution is -0.125. The summed E-state index contributed by atoms with van der Waals surface area (Å²) in [4.78, 5) is 29.3. The highest BCUT2D eigenvalue weighted by Gasteiger charge is 2.33. The predicted molar refractivity (Wildman–Crippen MR) is 152 cm³/mol. The topological polar surface area (TPSA) is 78.3 Å². The minimum Gasteiger partial charge on any atom is -0.358 e. The van der Waals surface area contributed by atoms with E-state index in [1.54, 1.807) is 11.9 Å². The van der Waals surface area contributed by atoms with E-state index in [1.807, 2.05) is 30.3 Å². The number of carbonyl (C=O) groups excluding carboxylic acids is 1. The number of hydrogen-bond acceptors (Lipinski definition) is 7. The Bertz CT molecular complexity index is 1420. The minimum absolute atomic E-state index is 0.00556. The lowest BCUT2D eigenvalue weighted by atomic mass is 10.0. The molecular weight excluding hydrogens is 494 g/mol. The summed E-state index contributed by atoms with van der Waals surface area (Å²) in [6.07, 6.45) is 1.99. The smallest absolute Gasteiger partial charge is 0.244 e. The summed E-state index contributed by atoms with van der Waals surface area (Å²) in [7, 11) is 0. The molecule has 4 heterocycles. The molecule has 2 aromatic heterocycles. The van der Waals surface area contributed by atoms with E-state index in [9.17, 15) is 4.79 Å². The lowest BCUT2D eigenvalue weighted by Crippen LogP contribution is -2.62. The largest absolute Gasteiger partial charge is 0.358 e. The quantitative estimate of drug-likeness (QED) is 0.403. The van der Waals surface area contributed by atoms with Crippen LogP contribution in [0.2, 0.25) is 0 Å². The maximum Gasteiger partial charge on any atom is 0.244 e. The monoisotopic (exact) mass is 527 g/mol. The molecule has 1 amide bonds. The van der Waals surface area contributed by atoms with Crippen LogP contribution in [0.15, 0.2) is 77.8 Å². The molecule has 196 valence electrons. The van der Waals surface area contributed by atoms with Crippen molar-refractivity contribution >= 4 is 34.6 Å². The van der Waals surface area contributed by atoms with Gasteiger partial charge in [0.25, 0.3) is 0 Å². The van der Waals surface area contributed by atoms with Crippen LogP contribution in [-0.2, 0) is 17.9 Å². The average Bonchev–Trinajstić information content (AvgIpc) is 3.34. The van der Waals surface area contributed by atoms with E-state index in [4.69, 9.17) is 9.97 Å². The van der Waals surface area contributed by atoms with E-state index >= 15 is 0 Å². The van der Waals surface area contributed by atoms with Gasteiger partial charge < -0.3 is 10.6 Å². The fraction of sp³-hybridized carbons (Fsp3) is 0.345. The van der Waals surface area contributed by atoms with Crippen molar-refractivity contribution < 1.29 is 4.79 Å². The van der Waals surface area contributed by atoms with Gasteiger partial charge in [-0.1, -0.05) is 44.2 Å². The zero-order valence-electron chi connectivity index (χ0n) is 21.7. The van der Waals surface area contributed by atoms with Gasteiger partial charge in [0.1, 0.15) is 17.7 Å². The van der Waals surface area contributed by atoms with Crippen molar-refractivity contribution in [2.24, 2.45) is 5.92 Å². The first-order chi connectivity index (χ1) is 18.5. The van der Waals surface area contributed by atoms with E-state index < -0.39 is 6.04 Å². The van der Waals surface area contributed by atoms with Crippen molar-refractivity contribution in [1.82, 2.24) is 29.1 Å². The van der Waals surface area contributed by atoms with Gasteiger partial charge in [0.05, 0.1) is 18.2 Å². The molecule has 1 saturated heterocycles. The van der Waals surface area contributed by atoms with Crippen molar-refractivity contribution in [3.8, 4) is 0 Å². The van der Waals surface area contributed by atoms with Crippen molar-refractivity contribution in [2.75, 3.05) is 25.0 Å². The van der Waals surface area contributed by atoms with Crippen LogP contribution < -0.4 is 10.6 Å². The molecule has 0 radical (unpaired) electrons. The molecular formula is C29H33N7OS. The summed E-state index contributed by atoms with van der Waals surface area (Å²) >= 11 is 1.72. The van der Waals surface area contributed by atoms with E-state index in [0.717, 1.165) is 48.7 Å². The van der Waals surface area contributed by atoms with Gasteiger partial charge in [0.2, 0.25) is 5.91 Å². The van der Waals surface area contributed by atoms with Crippen molar-refractivity contribution in [2.45, 2.75) is 44.0 Å². The maximum absolute atomic E-state index is 13.6. The highest BCUT2D eigenvalue weighted by molar-refractivity contribution is 7.97. The molecule has 2 unspecified atom stereocenters. The molecule has 2 aliphatic rings. The molecule has 8 nitrogen and oxygen atoms in total. The molecule has 0 saturated carbocycles. The number of amides is 1. The standard InChI is InChI=1S/C29H33N7OS/c1-20(2)27-29(37)32-26-19-34(17-21-9-8-14-36(21)38-22-10-4-3-5-11-22)15-16-35(26)18-25-30-24-13-7-6-12-23(24)28(31-25)33-27/h3-14,20,26-27H,15-19H2,1-2H3,(H,32,37)(H,30,31,33). The molecule has 2 aliphatic heterocycles. The number of aromatic nitrogens is 3. The average molecular weight is 528 g/mol. The number of anilines is 1. The summed E-state index contributed by atoms with van der Waals surface area (Å²) in [6, 6.07) is 22.3. The molecule has 2 N–H and O–H groups in total. The Morgan fingerprint density at radius 3 is 2.63 bits per heavy atom. The van der Waals surface area contributed by atoms with E-state index in [-0.39, 0.29) is 18.0 Å². The van der Waals surface area contributed by atoms with Gasteiger partial charge in [-0.2, -0.15) is 0 Å². The van der Waals surface area contributed by atoms with E-state index in [0.29, 0.717) is 6.54 Å². The SMILES string of the molecule is CC(C)C1Nc2nc(nc3ccccc23)CN2CCN(Cc3cccn3Sc3ccccc3)CC2NC1=O. The second-order valence-corrected chi connectivity index (χ2v) is 11.4. The van der Waals surface area contributed by atoms with Gasteiger partial charge in [-0.15, -0.1) is 0 Å². The molecule has 38 heavy (non-hydrogen) atoms. The van der Waals surface area contributed by atoms with E-state index in [1.165, 1.54) is 10.6 Å². The summed E-state index contributed by atoms with van der Waals surface area (Å²) in [5.74, 6) is 1.61. The molecule has 1 fully saturated rings. The predicted octanol–water partition coefficient (Wildman–Crippen LogP) is 4.20. The molecule has 2 bridgehead atoms. The maximum atomic E-state index is 13.6. The van der Waals surface area contributed by atoms with Gasteiger partial charge >= 0.3 is 0 Å². The molecule has 2 aromatic carbocycles. The van der Waals surface area contributed by atoms with Gasteiger partial charge in [0, 0.05) is 48.4 Å². The summed E-state index contributed by atoms with van der Waals surface area (Å²) in [6.45, 7) is 7.99. The lowest BCUT2D eigenvalue weighted by Gasteiger charge is -2.42. The first kappa shape index (κ1) is 24.9. The normalized spacial score (nSPS) is 20.7. The molecule has 6 rings (SSSR count). The minimum atomic E-state index is -0.393. The number of rotatable bonds is 5. The Morgan fingerprint density at radius 2 is 1.79 bits per heavy atom. The third kappa shape index (κ3) is 5.27. The summed E-state index contributed by atoms with van der Waals surface area (Å²) in [5.41, 5.74) is 2.14. The third-order valence-electron chi connectivity index (χ3n) is 7.25. The van der Waals surface area contributed by atoms with Crippen LogP contribution >= 0.6 is 11.9 Å².